The maximum atomic E-state index is 13.3. The van der Waals surface area contributed by atoms with E-state index in [2.05, 4.69) is 15.9 Å². The fraction of sp³-hybridized carbons (Fsp3) is 0.455. The highest BCUT2D eigenvalue weighted by Crippen LogP contribution is 2.37. The highest BCUT2D eigenvalue weighted by Gasteiger charge is 2.30. The molecule has 0 radical (unpaired) electrons. The van der Waals surface area contributed by atoms with Crippen molar-refractivity contribution >= 4 is 15.9 Å². The van der Waals surface area contributed by atoms with Crippen molar-refractivity contribution < 1.29 is 14.6 Å². The maximum Gasteiger partial charge on any atom is 0.166 e. The summed E-state index contributed by atoms with van der Waals surface area (Å²) in [4.78, 5) is 0. The SMILES string of the molecule is CC(C)(CO)[C@@H](N)c1cc(Br)cc(F)c1O. The van der Waals surface area contributed by atoms with Crippen LogP contribution >= 0.6 is 15.9 Å². The van der Waals surface area contributed by atoms with Crippen LogP contribution in [0.4, 0.5) is 4.39 Å². The molecule has 0 aliphatic heterocycles. The Kier molecular flexibility index (Phi) is 3.93. The zero-order valence-corrected chi connectivity index (χ0v) is 10.8. The first-order valence-corrected chi connectivity index (χ1v) is 5.63. The van der Waals surface area contributed by atoms with Crippen molar-refractivity contribution in [2.24, 2.45) is 11.1 Å². The second-order valence-electron chi connectivity index (χ2n) is 4.45. The molecule has 1 aromatic carbocycles. The van der Waals surface area contributed by atoms with Gasteiger partial charge in [-0.25, -0.2) is 4.39 Å². The van der Waals surface area contributed by atoms with E-state index in [-0.39, 0.29) is 12.2 Å². The fourth-order valence-corrected chi connectivity index (χ4v) is 1.79. The molecule has 5 heteroatoms. The van der Waals surface area contributed by atoms with Gasteiger partial charge in [-0.1, -0.05) is 29.8 Å². The molecule has 4 N–H and O–H groups in total. The molecular weight excluding hydrogens is 277 g/mol. The first-order valence-electron chi connectivity index (χ1n) is 4.84. The van der Waals surface area contributed by atoms with Crippen LogP contribution in [0.5, 0.6) is 5.75 Å². The van der Waals surface area contributed by atoms with Gasteiger partial charge in [-0.3, -0.25) is 0 Å². The summed E-state index contributed by atoms with van der Waals surface area (Å²) in [6.45, 7) is 3.34. The topological polar surface area (TPSA) is 66.5 Å². The average molecular weight is 292 g/mol. The molecule has 0 aliphatic rings. The van der Waals surface area contributed by atoms with Crippen LogP contribution in [-0.2, 0) is 0 Å². The first-order chi connectivity index (χ1) is 7.29. The van der Waals surface area contributed by atoms with Crippen molar-refractivity contribution in [3.05, 3.63) is 28.0 Å². The summed E-state index contributed by atoms with van der Waals surface area (Å²) in [5, 5.41) is 18.8. The molecule has 0 aliphatic carbocycles. The van der Waals surface area contributed by atoms with E-state index in [1.165, 1.54) is 0 Å². The lowest BCUT2D eigenvalue weighted by atomic mass is 9.81. The number of aliphatic hydroxyl groups excluding tert-OH is 1. The van der Waals surface area contributed by atoms with Gasteiger partial charge in [-0.15, -0.1) is 0 Å². The summed E-state index contributed by atoms with van der Waals surface area (Å²) in [5.41, 5.74) is 5.56. The predicted octanol–water partition coefficient (Wildman–Crippen LogP) is 2.31. The zero-order valence-electron chi connectivity index (χ0n) is 9.17. The zero-order chi connectivity index (χ0) is 12.5. The van der Waals surface area contributed by atoms with Gasteiger partial charge in [0.1, 0.15) is 0 Å². The number of aromatic hydroxyl groups is 1. The molecule has 0 aromatic heterocycles. The summed E-state index contributed by atoms with van der Waals surface area (Å²) < 4.78 is 13.8. The normalized spacial score (nSPS) is 13.9. The third kappa shape index (κ3) is 2.53. The van der Waals surface area contributed by atoms with E-state index in [0.717, 1.165) is 6.07 Å². The molecule has 0 unspecified atom stereocenters. The molecule has 1 aromatic rings. The van der Waals surface area contributed by atoms with Crippen molar-refractivity contribution in [2.45, 2.75) is 19.9 Å². The summed E-state index contributed by atoms with van der Waals surface area (Å²) in [6.07, 6.45) is 0. The molecular formula is C11H15BrFNO2. The highest BCUT2D eigenvalue weighted by atomic mass is 79.9. The molecule has 0 spiro atoms. The van der Waals surface area contributed by atoms with Gasteiger partial charge in [0, 0.05) is 28.1 Å². The first kappa shape index (κ1) is 13.4. The maximum absolute atomic E-state index is 13.3. The van der Waals surface area contributed by atoms with Crippen LogP contribution < -0.4 is 5.73 Å². The van der Waals surface area contributed by atoms with Crippen molar-refractivity contribution in [1.82, 2.24) is 0 Å². The predicted molar refractivity (Wildman–Crippen MR) is 63.6 cm³/mol. The summed E-state index contributed by atoms with van der Waals surface area (Å²) in [6, 6.07) is 2.07. The van der Waals surface area contributed by atoms with Gasteiger partial charge in [0.2, 0.25) is 0 Å². The van der Waals surface area contributed by atoms with Crippen LogP contribution in [-0.4, -0.2) is 16.8 Å². The minimum absolute atomic E-state index is 0.151. The Balaban J connectivity index is 3.23. The van der Waals surface area contributed by atoms with E-state index in [0.29, 0.717) is 4.47 Å². The number of nitrogens with two attached hydrogens (primary N) is 1. The van der Waals surface area contributed by atoms with Crippen molar-refractivity contribution in [2.75, 3.05) is 6.61 Å². The number of rotatable bonds is 3. The monoisotopic (exact) mass is 291 g/mol. The minimum Gasteiger partial charge on any atom is -0.505 e. The lowest BCUT2D eigenvalue weighted by Gasteiger charge is -2.30. The molecule has 1 rings (SSSR count). The van der Waals surface area contributed by atoms with Crippen molar-refractivity contribution in [3.8, 4) is 5.75 Å². The van der Waals surface area contributed by atoms with E-state index < -0.39 is 23.0 Å². The van der Waals surface area contributed by atoms with Gasteiger partial charge in [-0.05, 0) is 12.1 Å². The smallest absolute Gasteiger partial charge is 0.166 e. The summed E-state index contributed by atoms with van der Waals surface area (Å²) >= 11 is 3.13. The molecule has 0 heterocycles. The number of benzene rings is 1. The largest absolute Gasteiger partial charge is 0.505 e. The summed E-state index contributed by atoms with van der Waals surface area (Å²) in [5.74, 6) is -1.19. The van der Waals surface area contributed by atoms with E-state index >= 15 is 0 Å². The summed E-state index contributed by atoms with van der Waals surface area (Å²) in [7, 11) is 0. The molecule has 1 atom stereocenters. The van der Waals surface area contributed by atoms with Crippen molar-refractivity contribution in [1.29, 1.82) is 0 Å². The second-order valence-corrected chi connectivity index (χ2v) is 5.37. The molecule has 90 valence electrons. The number of hydrogen-bond donors (Lipinski definition) is 3. The number of phenolic OH excluding ortho intramolecular Hbond substituents is 1. The van der Waals surface area contributed by atoms with Crippen LogP contribution in [0.2, 0.25) is 0 Å². The second kappa shape index (κ2) is 4.69. The average Bonchev–Trinajstić information content (AvgIpc) is 2.22. The highest BCUT2D eigenvalue weighted by molar-refractivity contribution is 9.10. The van der Waals surface area contributed by atoms with Gasteiger partial charge < -0.3 is 15.9 Å². The van der Waals surface area contributed by atoms with Crippen molar-refractivity contribution in [3.63, 3.8) is 0 Å². The quantitative estimate of drug-likeness (QED) is 0.801. The van der Waals surface area contributed by atoms with Gasteiger partial charge in [0.15, 0.2) is 11.6 Å². The van der Waals surface area contributed by atoms with E-state index in [9.17, 15) is 14.6 Å². The molecule has 0 amide bonds. The Bertz CT molecular complexity index is 396. The lowest BCUT2D eigenvalue weighted by Crippen LogP contribution is -2.32. The van der Waals surface area contributed by atoms with Gasteiger partial charge >= 0.3 is 0 Å². The van der Waals surface area contributed by atoms with Crippen LogP contribution in [0.3, 0.4) is 0 Å². The van der Waals surface area contributed by atoms with Crippen LogP contribution in [0.1, 0.15) is 25.5 Å². The molecule has 0 fully saturated rings. The Hall–Kier alpha value is -0.650. The van der Waals surface area contributed by atoms with Crippen LogP contribution in [0, 0.1) is 11.2 Å². The third-order valence-electron chi connectivity index (χ3n) is 2.64. The Labute approximate surface area is 102 Å². The number of aliphatic hydroxyl groups is 1. The lowest BCUT2D eigenvalue weighted by molar-refractivity contribution is 0.131. The van der Waals surface area contributed by atoms with E-state index in [4.69, 9.17) is 5.73 Å². The minimum atomic E-state index is -0.728. The molecule has 0 bridgehead atoms. The standard InChI is InChI=1S/C11H15BrFNO2/c1-11(2,5-15)10(14)7-3-6(12)4-8(13)9(7)16/h3-4,10,15-16H,5,14H2,1-2H3/t10-/m0/s1. The fourth-order valence-electron chi connectivity index (χ4n) is 1.34. The van der Waals surface area contributed by atoms with Gasteiger partial charge in [-0.2, -0.15) is 0 Å². The molecule has 16 heavy (non-hydrogen) atoms. The number of hydrogen-bond acceptors (Lipinski definition) is 3. The van der Waals surface area contributed by atoms with Crippen LogP contribution in [0.15, 0.2) is 16.6 Å². The number of phenols is 1. The Morgan fingerprint density at radius 2 is 2.06 bits per heavy atom. The molecule has 0 saturated heterocycles. The third-order valence-corrected chi connectivity index (χ3v) is 3.10. The van der Waals surface area contributed by atoms with Gasteiger partial charge in [0.25, 0.3) is 0 Å². The molecule has 3 nitrogen and oxygen atoms in total. The Morgan fingerprint density at radius 3 is 2.56 bits per heavy atom. The van der Waals surface area contributed by atoms with E-state index in [1.54, 1.807) is 19.9 Å². The number of halogens is 2. The van der Waals surface area contributed by atoms with E-state index in [1.807, 2.05) is 0 Å². The Morgan fingerprint density at radius 1 is 1.50 bits per heavy atom. The van der Waals surface area contributed by atoms with Gasteiger partial charge in [0.05, 0.1) is 0 Å². The van der Waals surface area contributed by atoms with Crippen LogP contribution in [0.25, 0.3) is 0 Å². The molecule has 0 saturated carbocycles.